The van der Waals surface area contributed by atoms with Crippen molar-refractivity contribution in [3.05, 3.63) is 45.8 Å². The highest BCUT2D eigenvalue weighted by Gasteiger charge is 2.32. The largest absolute Gasteiger partial charge is 0.368 e. The molecule has 0 bridgehead atoms. The Bertz CT molecular complexity index is 464. The third-order valence-electron chi connectivity index (χ3n) is 2.88. The molecular formula is C12H17N5O. The minimum atomic E-state index is -0.960. The summed E-state index contributed by atoms with van der Waals surface area (Å²) in [5.74, 6) is -0.465. The molecule has 6 heteroatoms. The summed E-state index contributed by atoms with van der Waals surface area (Å²) in [6, 6.07) is 7.57. The molecule has 1 unspecified atom stereocenters. The second kappa shape index (κ2) is 6.05. The first kappa shape index (κ1) is 14.0. The maximum Gasteiger partial charge on any atom is 0.242 e. The lowest BCUT2D eigenvalue weighted by Gasteiger charge is -2.28. The number of nitrogens with one attached hydrogen (secondary N) is 1. The minimum absolute atomic E-state index is 0.269. The van der Waals surface area contributed by atoms with Crippen LogP contribution in [0.25, 0.3) is 10.4 Å². The Labute approximate surface area is 106 Å². The number of nitrogens with two attached hydrogens (primary N) is 1. The van der Waals surface area contributed by atoms with Gasteiger partial charge in [0.2, 0.25) is 5.91 Å². The fraction of sp³-hybridized carbons (Fsp3) is 0.417. The van der Waals surface area contributed by atoms with Crippen molar-refractivity contribution < 1.29 is 4.79 Å². The molecule has 0 saturated carbocycles. The van der Waals surface area contributed by atoms with E-state index in [0.717, 1.165) is 11.1 Å². The zero-order valence-electron chi connectivity index (χ0n) is 10.6. The molecule has 6 nitrogen and oxygen atoms in total. The average Bonchev–Trinajstić information content (AvgIpc) is 2.35. The average molecular weight is 247 g/mol. The van der Waals surface area contributed by atoms with Crippen LogP contribution in [0.15, 0.2) is 29.4 Å². The van der Waals surface area contributed by atoms with E-state index in [1.807, 2.05) is 31.2 Å². The number of aryl methyl sites for hydroxylation is 1. The minimum Gasteiger partial charge on any atom is -0.368 e. The summed E-state index contributed by atoms with van der Waals surface area (Å²) in [7, 11) is 0. The van der Waals surface area contributed by atoms with Crippen LogP contribution in [0, 0.1) is 6.92 Å². The number of primary amides is 1. The van der Waals surface area contributed by atoms with Gasteiger partial charge in [-0.3, -0.25) is 10.1 Å². The van der Waals surface area contributed by atoms with Crippen molar-refractivity contribution in [1.82, 2.24) is 5.32 Å². The topological polar surface area (TPSA) is 104 Å². The molecule has 0 spiro atoms. The lowest BCUT2D eigenvalue weighted by atomic mass is 9.90. The maximum atomic E-state index is 11.6. The Balaban J connectivity index is 2.89. The predicted octanol–water partition coefficient (Wildman–Crippen LogP) is 1.60. The third-order valence-corrected chi connectivity index (χ3v) is 2.88. The van der Waals surface area contributed by atoms with Crippen LogP contribution in [0.3, 0.4) is 0 Å². The van der Waals surface area contributed by atoms with Crippen LogP contribution < -0.4 is 11.1 Å². The molecule has 18 heavy (non-hydrogen) atoms. The van der Waals surface area contributed by atoms with E-state index in [0.29, 0.717) is 6.54 Å². The van der Waals surface area contributed by atoms with Crippen LogP contribution >= 0.6 is 0 Å². The molecule has 1 aromatic carbocycles. The quantitative estimate of drug-likeness (QED) is 0.345. The van der Waals surface area contributed by atoms with Crippen molar-refractivity contribution in [2.24, 2.45) is 10.8 Å². The van der Waals surface area contributed by atoms with E-state index < -0.39 is 11.4 Å². The van der Waals surface area contributed by atoms with Crippen molar-refractivity contribution in [1.29, 1.82) is 0 Å². The first-order valence-electron chi connectivity index (χ1n) is 5.63. The van der Waals surface area contributed by atoms with Crippen molar-refractivity contribution in [2.45, 2.75) is 19.4 Å². The number of azide groups is 1. The number of nitrogens with zero attached hydrogens (tertiary/aromatic N) is 3. The van der Waals surface area contributed by atoms with Crippen LogP contribution in [-0.2, 0) is 10.3 Å². The number of benzene rings is 1. The smallest absolute Gasteiger partial charge is 0.242 e. The Hall–Kier alpha value is -2.04. The highest BCUT2D eigenvalue weighted by molar-refractivity contribution is 5.85. The van der Waals surface area contributed by atoms with Gasteiger partial charge in [0.05, 0.1) is 0 Å². The summed E-state index contributed by atoms with van der Waals surface area (Å²) in [6.07, 6.45) is 0. The van der Waals surface area contributed by atoms with Crippen molar-refractivity contribution in [3.8, 4) is 0 Å². The van der Waals surface area contributed by atoms with Gasteiger partial charge in [-0.15, -0.1) is 0 Å². The van der Waals surface area contributed by atoms with Gasteiger partial charge in [-0.25, -0.2) is 0 Å². The standard InChI is InChI=1S/C12H17N5O/c1-9-3-5-10(6-4-9)12(2,11(13)18)15-7-8-16-17-14/h3-6,15H,7-8H2,1-2H3,(H2,13,18). The lowest BCUT2D eigenvalue weighted by molar-refractivity contribution is -0.124. The van der Waals surface area contributed by atoms with Crippen molar-refractivity contribution in [3.63, 3.8) is 0 Å². The van der Waals surface area contributed by atoms with E-state index in [2.05, 4.69) is 15.3 Å². The molecule has 1 rings (SSSR count). The van der Waals surface area contributed by atoms with Gasteiger partial charge in [-0.1, -0.05) is 34.9 Å². The molecule has 0 aliphatic heterocycles. The Kier molecular flexibility index (Phi) is 4.71. The van der Waals surface area contributed by atoms with Crippen LogP contribution in [0.2, 0.25) is 0 Å². The Morgan fingerprint density at radius 3 is 2.61 bits per heavy atom. The Morgan fingerprint density at radius 2 is 2.11 bits per heavy atom. The lowest BCUT2D eigenvalue weighted by Crippen LogP contribution is -2.51. The van der Waals surface area contributed by atoms with Crippen molar-refractivity contribution >= 4 is 5.91 Å². The highest BCUT2D eigenvalue weighted by Crippen LogP contribution is 2.20. The molecule has 3 N–H and O–H groups in total. The SMILES string of the molecule is Cc1ccc(C(C)(NCCN=[N+]=[N-])C(N)=O)cc1. The highest BCUT2D eigenvalue weighted by atomic mass is 16.1. The molecule has 1 aromatic rings. The van der Waals surface area contributed by atoms with E-state index in [1.165, 1.54) is 0 Å². The van der Waals surface area contributed by atoms with Gasteiger partial charge in [0.15, 0.2) is 0 Å². The molecule has 1 amide bonds. The van der Waals surface area contributed by atoms with Gasteiger partial charge in [0.25, 0.3) is 0 Å². The fourth-order valence-electron chi connectivity index (χ4n) is 1.62. The zero-order chi connectivity index (χ0) is 13.6. The Morgan fingerprint density at radius 1 is 1.50 bits per heavy atom. The first-order valence-corrected chi connectivity index (χ1v) is 5.63. The van der Waals surface area contributed by atoms with E-state index in [1.54, 1.807) is 6.92 Å². The second-order valence-corrected chi connectivity index (χ2v) is 4.24. The fourth-order valence-corrected chi connectivity index (χ4v) is 1.62. The van der Waals surface area contributed by atoms with Gasteiger partial charge in [-0.05, 0) is 24.9 Å². The van der Waals surface area contributed by atoms with E-state index >= 15 is 0 Å². The molecule has 0 saturated heterocycles. The number of carbonyl (C=O) groups excluding carboxylic acids is 1. The molecule has 0 aliphatic carbocycles. The van der Waals surface area contributed by atoms with Gasteiger partial charge in [0, 0.05) is 18.0 Å². The summed E-state index contributed by atoms with van der Waals surface area (Å²) < 4.78 is 0. The monoisotopic (exact) mass is 247 g/mol. The second-order valence-electron chi connectivity index (χ2n) is 4.24. The maximum absolute atomic E-state index is 11.6. The molecule has 0 radical (unpaired) electrons. The third kappa shape index (κ3) is 3.23. The van der Waals surface area contributed by atoms with Crippen LogP contribution in [0.5, 0.6) is 0 Å². The van der Waals surface area contributed by atoms with Crippen LogP contribution in [0.1, 0.15) is 18.1 Å². The van der Waals surface area contributed by atoms with Crippen LogP contribution in [-0.4, -0.2) is 19.0 Å². The molecule has 0 aliphatic rings. The summed E-state index contributed by atoms with van der Waals surface area (Å²) in [6.45, 7) is 4.35. The number of amides is 1. The predicted molar refractivity (Wildman–Crippen MR) is 69.7 cm³/mol. The number of hydrogen-bond acceptors (Lipinski definition) is 3. The van der Waals surface area contributed by atoms with E-state index in [9.17, 15) is 4.79 Å². The molecule has 1 atom stereocenters. The molecule has 96 valence electrons. The summed E-state index contributed by atoms with van der Waals surface area (Å²) in [5.41, 5.74) is 14.6. The zero-order valence-corrected chi connectivity index (χ0v) is 10.6. The number of rotatable bonds is 6. The summed E-state index contributed by atoms with van der Waals surface area (Å²) in [4.78, 5) is 14.3. The number of carbonyl (C=O) groups is 1. The molecular weight excluding hydrogens is 230 g/mol. The molecule has 0 aromatic heterocycles. The van der Waals surface area contributed by atoms with Gasteiger partial charge in [-0.2, -0.15) is 0 Å². The van der Waals surface area contributed by atoms with Crippen molar-refractivity contribution in [2.75, 3.05) is 13.1 Å². The van der Waals surface area contributed by atoms with Gasteiger partial charge in [0.1, 0.15) is 5.54 Å². The van der Waals surface area contributed by atoms with E-state index in [4.69, 9.17) is 11.3 Å². The normalized spacial score (nSPS) is 13.4. The summed E-state index contributed by atoms with van der Waals surface area (Å²) in [5, 5.41) is 6.43. The first-order chi connectivity index (χ1) is 8.50. The number of hydrogen-bond donors (Lipinski definition) is 2. The van der Waals surface area contributed by atoms with Crippen LogP contribution in [0.4, 0.5) is 0 Å². The summed E-state index contributed by atoms with van der Waals surface area (Å²) >= 11 is 0. The molecule has 0 fully saturated rings. The van der Waals surface area contributed by atoms with Gasteiger partial charge >= 0.3 is 0 Å². The van der Waals surface area contributed by atoms with Gasteiger partial charge < -0.3 is 5.73 Å². The van der Waals surface area contributed by atoms with E-state index in [-0.39, 0.29) is 6.54 Å². The molecule has 0 heterocycles.